The monoisotopic (exact) mass is 388 g/mol. The van der Waals surface area contributed by atoms with Crippen LogP contribution in [0.1, 0.15) is 10.4 Å². The van der Waals surface area contributed by atoms with E-state index in [0.29, 0.717) is 25.8 Å². The molecule has 0 aliphatic rings. The predicted octanol–water partition coefficient (Wildman–Crippen LogP) is 4.80. The van der Waals surface area contributed by atoms with E-state index in [1.54, 1.807) is 30.3 Å². The average molecular weight is 389 g/mol. The van der Waals surface area contributed by atoms with Gasteiger partial charge in [0.05, 0.1) is 23.4 Å². The van der Waals surface area contributed by atoms with Gasteiger partial charge in [-0.25, -0.2) is 4.98 Å². The van der Waals surface area contributed by atoms with Crippen LogP contribution in [0, 0.1) is 0 Å². The van der Waals surface area contributed by atoms with Gasteiger partial charge in [-0.15, -0.1) is 11.3 Å². The fraction of sp³-hybridized carbons (Fsp3) is 0.0556. The summed E-state index contributed by atoms with van der Waals surface area (Å²) >= 11 is 13.4. The Hall–Kier alpha value is -2.21. The molecule has 0 fully saturated rings. The summed E-state index contributed by atoms with van der Waals surface area (Å²) in [6.07, 6.45) is 1.40. The number of ketones is 1. The summed E-state index contributed by atoms with van der Waals surface area (Å²) < 4.78 is 2.71. The largest absolute Gasteiger partial charge is 0.292 e. The second-order valence-electron chi connectivity index (χ2n) is 5.50. The van der Waals surface area contributed by atoms with E-state index in [1.807, 2.05) is 12.1 Å². The summed E-state index contributed by atoms with van der Waals surface area (Å²) in [4.78, 5) is 29.5. The third kappa shape index (κ3) is 2.84. The Kier molecular flexibility index (Phi) is 4.07. The first-order valence-corrected chi connectivity index (χ1v) is 8.97. The van der Waals surface area contributed by atoms with Gasteiger partial charge >= 0.3 is 0 Å². The summed E-state index contributed by atoms with van der Waals surface area (Å²) in [6, 6.07) is 12.1. The molecule has 124 valence electrons. The summed E-state index contributed by atoms with van der Waals surface area (Å²) in [6.45, 7) is -0.0780. The number of rotatable bonds is 3. The van der Waals surface area contributed by atoms with Crippen LogP contribution in [0.2, 0.25) is 10.0 Å². The Labute approximate surface area is 156 Å². The van der Waals surface area contributed by atoms with Crippen LogP contribution in [0.25, 0.3) is 20.3 Å². The first kappa shape index (κ1) is 16.3. The number of thiophene rings is 1. The molecular weight excluding hydrogens is 379 g/mol. The van der Waals surface area contributed by atoms with Gasteiger partial charge in [-0.1, -0.05) is 29.3 Å². The van der Waals surface area contributed by atoms with Crippen molar-refractivity contribution in [2.45, 2.75) is 6.54 Å². The summed E-state index contributed by atoms with van der Waals surface area (Å²) in [5, 5.41) is 1.89. The lowest BCUT2D eigenvalue weighted by Gasteiger charge is -2.05. The van der Waals surface area contributed by atoms with Crippen molar-refractivity contribution in [3.63, 3.8) is 0 Å². The molecule has 4 rings (SSSR count). The van der Waals surface area contributed by atoms with Crippen molar-refractivity contribution < 1.29 is 4.79 Å². The molecule has 0 spiro atoms. The van der Waals surface area contributed by atoms with Crippen LogP contribution in [-0.2, 0) is 6.54 Å². The van der Waals surface area contributed by atoms with Crippen LogP contribution in [0.3, 0.4) is 0 Å². The van der Waals surface area contributed by atoms with Crippen molar-refractivity contribution in [2.75, 3.05) is 0 Å². The van der Waals surface area contributed by atoms with E-state index in [0.717, 1.165) is 10.1 Å². The average Bonchev–Trinajstić information content (AvgIpc) is 2.99. The van der Waals surface area contributed by atoms with Gasteiger partial charge in [0.25, 0.3) is 5.56 Å². The van der Waals surface area contributed by atoms with E-state index in [1.165, 1.54) is 22.2 Å². The highest BCUT2D eigenvalue weighted by Crippen LogP contribution is 2.34. The molecule has 0 atom stereocenters. The second kappa shape index (κ2) is 6.26. The SMILES string of the molecule is O=C(Cn1cnc2c(sc3cccc(Cl)c32)c1=O)c1ccc(Cl)cc1. The smallest absolute Gasteiger partial charge is 0.271 e. The highest BCUT2D eigenvalue weighted by atomic mass is 35.5. The molecule has 0 amide bonds. The number of halogens is 2. The standard InChI is InChI=1S/C18H10Cl2N2O2S/c19-11-6-4-10(5-7-11)13(23)8-22-9-21-16-15-12(20)2-1-3-14(15)25-17(16)18(22)24/h1-7,9H,8H2. The topological polar surface area (TPSA) is 52.0 Å². The maximum atomic E-state index is 12.7. The van der Waals surface area contributed by atoms with E-state index in [9.17, 15) is 9.59 Å². The maximum absolute atomic E-state index is 12.7. The van der Waals surface area contributed by atoms with Crippen LogP contribution >= 0.6 is 34.5 Å². The highest BCUT2D eigenvalue weighted by Gasteiger charge is 2.15. The highest BCUT2D eigenvalue weighted by molar-refractivity contribution is 7.25. The molecule has 0 saturated heterocycles. The molecular formula is C18H10Cl2N2O2S. The minimum Gasteiger partial charge on any atom is -0.292 e. The lowest BCUT2D eigenvalue weighted by molar-refractivity contribution is 0.0970. The lowest BCUT2D eigenvalue weighted by Crippen LogP contribution is -2.24. The molecule has 0 aliphatic heterocycles. The first-order chi connectivity index (χ1) is 12.0. The third-order valence-electron chi connectivity index (χ3n) is 3.90. The molecule has 4 aromatic rings. The molecule has 2 heterocycles. The molecule has 2 aromatic heterocycles. The van der Waals surface area contributed by atoms with E-state index in [-0.39, 0.29) is 17.9 Å². The molecule has 0 N–H and O–H groups in total. The molecule has 0 bridgehead atoms. The van der Waals surface area contributed by atoms with Gasteiger partial charge < -0.3 is 0 Å². The summed E-state index contributed by atoms with van der Waals surface area (Å²) in [5.41, 5.74) is 0.825. The summed E-state index contributed by atoms with van der Waals surface area (Å²) in [7, 11) is 0. The molecule has 0 aliphatic carbocycles. The van der Waals surface area contributed by atoms with E-state index in [4.69, 9.17) is 23.2 Å². The number of carbonyl (C=O) groups excluding carboxylic acids is 1. The number of hydrogen-bond acceptors (Lipinski definition) is 4. The van der Waals surface area contributed by atoms with E-state index >= 15 is 0 Å². The minimum absolute atomic E-state index is 0.0780. The van der Waals surface area contributed by atoms with Gasteiger partial charge in [-0.3, -0.25) is 14.2 Å². The zero-order valence-electron chi connectivity index (χ0n) is 12.7. The molecule has 0 radical (unpaired) electrons. The third-order valence-corrected chi connectivity index (χ3v) is 5.60. The number of carbonyl (C=O) groups is 1. The van der Waals surface area contributed by atoms with Crippen molar-refractivity contribution in [1.82, 2.24) is 9.55 Å². The Balaban J connectivity index is 1.78. The van der Waals surface area contributed by atoms with Crippen molar-refractivity contribution >= 4 is 60.6 Å². The quantitative estimate of drug-likeness (QED) is 0.473. The van der Waals surface area contributed by atoms with E-state index < -0.39 is 0 Å². The number of benzene rings is 2. The maximum Gasteiger partial charge on any atom is 0.271 e. The molecule has 0 unspecified atom stereocenters. The summed E-state index contributed by atoms with van der Waals surface area (Å²) in [5.74, 6) is -0.181. The predicted molar refractivity (Wildman–Crippen MR) is 102 cm³/mol. The number of hydrogen-bond donors (Lipinski definition) is 0. The van der Waals surface area contributed by atoms with Crippen molar-refractivity contribution in [1.29, 1.82) is 0 Å². The van der Waals surface area contributed by atoms with Gasteiger partial charge in [0.2, 0.25) is 0 Å². The van der Waals surface area contributed by atoms with Gasteiger partial charge in [0.1, 0.15) is 4.70 Å². The zero-order chi connectivity index (χ0) is 17.6. The number of aromatic nitrogens is 2. The first-order valence-electron chi connectivity index (χ1n) is 7.39. The fourth-order valence-electron chi connectivity index (χ4n) is 2.66. The minimum atomic E-state index is -0.246. The van der Waals surface area contributed by atoms with Crippen LogP contribution in [0.4, 0.5) is 0 Å². The van der Waals surface area contributed by atoms with E-state index in [2.05, 4.69) is 4.98 Å². The lowest BCUT2D eigenvalue weighted by atomic mass is 10.1. The molecule has 0 saturated carbocycles. The number of Topliss-reactive ketones (excluding diaryl/α,β-unsaturated/α-hetero) is 1. The molecule has 2 aromatic carbocycles. The Morgan fingerprint density at radius 3 is 2.64 bits per heavy atom. The van der Waals surface area contributed by atoms with Crippen LogP contribution < -0.4 is 5.56 Å². The number of nitrogens with zero attached hydrogens (tertiary/aromatic N) is 2. The van der Waals surface area contributed by atoms with Crippen molar-refractivity contribution in [2.24, 2.45) is 0 Å². The molecule has 4 nitrogen and oxygen atoms in total. The molecule has 25 heavy (non-hydrogen) atoms. The van der Waals surface area contributed by atoms with Gasteiger partial charge in [-0.05, 0) is 36.4 Å². The van der Waals surface area contributed by atoms with Crippen LogP contribution in [0.5, 0.6) is 0 Å². The van der Waals surface area contributed by atoms with Crippen LogP contribution in [-0.4, -0.2) is 15.3 Å². The van der Waals surface area contributed by atoms with Crippen molar-refractivity contribution in [3.05, 3.63) is 74.8 Å². The van der Waals surface area contributed by atoms with Crippen molar-refractivity contribution in [3.8, 4) is 0 Å². The number of fused-ring (bicyclic) bond motifs is 3. The Morgan fingerprint density at radius 2 is 1.88 bits per heavy atom. The van der Waals surface area contributed by atoms with Gasteiger partial charge in [-0.2, -0.15) is 0 Å². The Morgan fingerprint density at radius 1 is 1.12 bits per heavy atom. The van der Waals surface area contributed by atoms with Crippen LogP contribution in [0.15, 0.2) is 53.6 Å². The normalized spacial score (nSPS) is 11.3. The fourth-order valence-corrected chi connectivity index (χ4v) is 4.24. The van der Waals surface area contributed by atoms with Gasteiger partial charge in [0, 0.05) is 20.7 Å². The second-order valence-corrected chi connectivity index (χ2v) is 7.40. The Bertz CT molecular complexity index is 1180. The molecule has 7 heteroatoms. The van der Waals surface area contributed by atoms with Gasteiger partial charge in [0.15, 0.2) is 5.78 Å². The zero-order valence-corrected chi connectivity index (χ0v) is 15.0.